The van der Waals surface area contributed by atoms with Crippen molar-refractivity contribution in [3.63, 3.8) is 0 Å². The maximum absolute atomic E-state index is 13.1. The van der Waals surface area contributed by atoms with Crippen LogP contribution in [0.1, 0.15) is 54.4 Å². The van der Waals surface area contributed by atoms with Gasteiger partial charge in [0, 0.05) is 34.8 Å². The molecule has 0 aromatic carbocycles. The van der Waals surface area contributed by atoms with Gasteiger partial charge in [-0.3, -0.25) is 14.8 Å². The van der Waals surface area contributed by atoms with Gasteiger partial charge in [-0.25, -0.2) is 9.78 Å². The second-order valence-corrected chi connectivity index (χ2v) is 10.9. The number of hydrogen-bond acceptors (Lipinski definition) is 8. The second-order valence-electron chi connectivity index (χ2n) is 9.97. The second kappa shape index (κ2) is 10.2. The summed E-state index contributed by atoms with van der Waals surface area (Å²) >= 11 is 1.40. The molecular formula is C26H30N8O3S. The van der Waals surface area contributed by atoms with Crippen molar-refractivity contribution in [1.29, 1.82) is 0 Å². The first-order chi connectivity index (χ1) is 18.5. The zero-order chi connectivity index (χ0) is 26.2. The van der Waals surface area contributed by atoms with Crippen LogP contribution in [0.3, 0.4) is 0 Å². The lowest BCUT2D eigenvalue weighted by Crippen LogP contribution is -2.42. The molecule has 0 radical (unpaired) electrons. The summed E-state index contributed by atoms with van der Waals surface area (Å²) in [7, 11) is 0. The van der Waals surface area contributed by atoms with E-state index in [9.17, 15) is 14.7 Å². The minimum atomic E-state index is -0.502. The summed E-state index contributed by atoms with van der Waals surface area (Å²) in [6, 6.07) is 4.15. The van der Waals surface area contributed by atoms with Gasteiger partial charge in [0.1, 0.15) is 5.69 Å². The zero-order valence-electron chi connectivity index (χ0n) is 21.1. The number of aromatic amines is 2. The first kappa shape index (κ1) is 24.6. The van der Waals surface area contributed by atoms with Crippen LogP contribution in [0.4, 0.5) is 0 Å². The minimum Gasteiger partial charge on any atom is -0.493 e. The summed E-state index contributed by atoms with van der Waals surface area (Å²) in [5, 5.41) is 20.2. The van der Waals surface area contributed by atoms with Gasteiger partial charge in [0.2, 0.25) is 5.88 Å². The molecule has 12 heteroatoms. The van der Waals surface area contributed by atoms with E-state index in [1.165, 1.54) is 24.2 Å². The quantitative estimate of drug-likeness (QED) is 0.269. The molecule has 5 heterocycles. The molecule has 1 aliphatic carbocycles. The van der Waals surface area contributed by atoms with Crippen molar-refractivity contribution in [3.8, 4) is 17.1 Å². The first-order valence-electron chi connectivity index (χ1n) is 13.0. The van der Waals surface area contributed by atoms with Crippen LogP contribution in [0.5, 0.6) is 5.88 Å². The largest absolute Gasteiger partial charge is 0.493 e. The Kier molecular flexibility index (Phi) is 6.58. The molecule has 4 aromatic rings. The van der Waals surface area contributed by atoms with Crippen LogP contribution < -0.4 is 21.7 Å². The van der Waals surface area contributed by atoms with E-state index in [2.05, 4.69) is 32.2 Å². The number of aromatic nitrogens is 5. The Morgan fingerprint density at radius 3 is 2.84 bits per heavy atom. The third-order valence-electron chi connectivity index (χ3n) is 7.00. The number of rotatable bonds is 8. The van der Waals surface area contributed by atoms with Crippen molar-refractivity contribution in [1.82, 2.24) is 34.8 Å². The summed E-state index contributed by atoms with van der Waals surface area (Å²) in [6.45, 7) is 5.19. The molecule has 4 N–H and O–H groups in total. The molecule has 1 saturated heterocycles. The number of hydrogen-bond donors (Lipinski definition) is 4. The molecule has 1 aliphatic heterocycles. The van der Waals surface area contributed by atoms with Crippen LogP contribution in [0.15, 0.2) is 33.5 Å². The van der Waals surface area contributed by atoms with Gasteiger partial charge in [0.15, 0.2) is 11.1 Å². The molecule has 4 aromatic heterocycles. The normalized spacial score (nSPS) is 18.0. The van der Waals surface area contributed by atoms with Gasteiger partial charge in [-0.15, -0.1) is 11.3 Å². The lowest BCUT2D eigenvalue weighted by Gasteiger charge is -2.23. The van der Waals surface area contributed by atoms with Crippen molar-refractivity contribution in [3.05, 3.63) is 55.5 Å². The van der Waals surface area contributed by atoms with Crippen molar-refractivity contribution < 1.29 is 9.90 Å². The Bertz CT molecular complexity index is 1660. The average molecular weight is 535 g/mol. The fourth-order valence-corrected chi connectivity index (χ4v) is 5.55. The molecule has 11 nitrogen and oxygen atoms in total. The molecular weight excluding hydrogens is 504 g/mol. The molecule has 2 fully saturated rings. The number of fused-ring (bicyclic) bond motifs is 1. The monoisotopic (exact) mass is 534 g/mol. The Labute approximate surface area is 222 Å². The number of carbonyl (C=O) groups excluding carboxylic acids is 1. The summed E-state index contributed by atoms with van der Waals surface area (Å²) in [4.78, 5) is 42.2. The Morgan fingerprint density at radius 1 is 1.32 bits per heavy atom. The van der Waals surface area contributed by atoms with Crippen molar-refractivity contribution in [2.45, 2.75) is 51.1 Å². The molecule has 0 bridgehead atoms. The zero-order valence-corrected chi connectivity index (χ0v) is 21.9. The number of thiophene rings is 1. The van der Waals surface area contributed by atoms with E-state index in [0.29, 0.717) is 26.9 Å². The molecule has 0 spiro atoms. The molecule has 38 heavy (non-hydrogen) atoms. The number of likely N-dealkylation sites (tertiary alicyclic amines) is 1. The summed E-state index contributed by atoms with van der Waals surface area (Å²) in [6.07, 6.45) is 8.66. The standard InChI is InChI=1S/C26H30N8O3S/c1-2-17(13-33-7-3-4-8-33)29-25(36)21-10-16(14-38-21)19-11-22(28-18-5-6-18)34-23(30-19)15(12-27-34)9-20-24(35)32-26(37)31-20/h9-12,14,17-18,35H,2-8,13H2,1H3,(H,29,36)(H2,31,32,37). The van der Waals surface area contributed by atoms with Crippen molar-refractivity contribution in [2.24, 2.45) is 4.99 Å². The SMILES string of the molecule is CCC(CN1CCCC1)NC(=O)c1cc(-c2cc(=NC3CC3)n3ncc(=Cc4[nH]c(=O)[nH]c4O)c3n2)cs1. The van der Waals surface area contributed by atoms with Gasteiger partial charge in [0.25, 0.3) is 5.91 Å². The van der Waals surface area contributed by atoms with Gasteiger partial charge in [-0.1, -0.05) is 6.92 Å². The number of aromatic hydroxyl groups is 1. The van der Waals surface area contributed by atoms with E-state index >= 15 is 0 Å². The predicted molar refractivity (Wildman–Crippen MR) is 144 cm³/mol. The highest BCUT2D eigenvalue weighted by molar-refractivity contribution is 7.12. The third-order valence-corrected chi connectivity index (χ3v) is 7.93. The lowest BCUT2D eigenvalue weighted by atomic mass is 10.2. The van der Waals surface area contributed by atoms with Crippen LogP contribution in [0.2, 0.25) is 0 Å². The molecule has 1 unspecified atom stereocenters. The van der Waals surface area contributed by atoms with Gasteiger partial charge in [0.05, 0.1) is 22.8 Å². The number of H-pyrrole nitrogens is 2. The first-order valence-corrected chi connectivity index (χ1v) is 13.9. The summed E-state index contributed by atoms with van der Waals surface area (Å²) in [5.41, 5.74) is 2.46. The Hall–Kier alpha value is -3.77. The van der Waals surface area contributed by atoms with Crippen LogP contribution in [0.25, 0.3) is 23.0 Å². The molecule has 198 valence electrons. The maximum atomic E-state index is 13.1. The maximum Gasteiger partial charge on any atom is 0.326 e. The van der Waals surface area contributed by atoms with Crippen LogP contribution >= 0.6 is 11.3 Å². The van der Waals surface area contributed by atoms with Crippen LogP contribution in [0, 0.1) is 0 Å². The summed E-state index contributed by atoms with van der Waals surface area (Å²) in [5.74, 6) is -0.321. The summed E-state index contributed by atoms with van der Waals surface area (Å²) < 4.78 is 1.67. The van der Waals surface area contributed by atoms with E-state index in [-0.39, 0.29) is 29.6 Å². The van der Waals surface area contributed by atoms with E-state index in [1.54, 1.807) is 16.8 Å². The number of nitrogens with one attached hydrogen (secondary N) is 3. The van der Waals surface area contributed by atoms with Crippen LogP contribution in [-0.2, 0) is 0 Å². The van der Waals surface area contributed by atoms with E-state index in [1.807, 2.05) is 17.5 Å². The average Bonchev–Trinajstić information content (AvgIpc) is 3.32. The number of nitrogens with zero attached hydrogens (tertiary/aromatic N) is 5. The number of amides is 1. The van der Waals surface area contributed by atoms with E-state index in [4.69, 9.17) is 9.98 Å². The van der Waals surface area contributed by atoms with Crippen LogP contribution in [-0.4, -0.2) is 72.2 Å². The highest BCUT2D eigenvalue weighted by atomic mass is 32.1. The Balaban J connectivity index is 1.33. The molecule has 1 saturated carbocycles. The number of carbonyl (C=O) groups is 1. The Morgan fingerprint density at radius 2 is 2.13 bits per heavy atom. The van der Waals surface area contributed by atoms with E-state index in [0.717, 1.165) is 44.5 Å². The molecule has 2 aliphatic rings. The smallest absolute Gasteiger partial charge is 0.326 e. The predicted octanol–water partition coefficient (Wildman–Crippen LogP) is 1.39. The van der Waals surface area contributed by atoms with Gasteiger partial charge >= 0.3 is 5.69 Å². The van der Waals surface area contributed by atoms with Crippen molar-refractivity contribution >= 4 is 29.0 Å². The van der Waals surface area contributed by atoms with Gasteiger partial charge < -0.3 is 20.3 Å². The topological polar surface area (TPSA) is 144 Å². The minimum absolute atomic E-state index is 0.0680. The van der Waals surface area contributed by atoms with E-state index < -0.39 is 5.69 Å². The molecule has 1 atom stereocenters. The molecule has 1 amide bonds. The molecule has 6 rings (SSSR count). The third kappa shape index (κ3) is 5.14. The highest BCUT2D eigenvalue weighted by Crippen LogP contribution is 2.25. The van der Waals surface area contributed by atoms with Gasteiger partial charge in [-0.2, -0.15) is 9.61 Å². The highest BCUT2D eigenvalue weighted by Gasteiger charge is 2.22. The fraction of sp³-hybridized carbons (Fsp3) is 0.423. The van der Waals surface area contributed by atoms with Crippen molar-refractivity contribution in [2.75, 3.05) is 19.6 Å². The fourth-order valence-electron chi connectivity index (χ4n) is 4.74. The lowest BCUT2D eigenvalue weighted by molar-refractivity contribution is 0.0930. The van der Waals surface area contributed by atoms with Gasteiger partial charge in [-0.05, 0) is 57.3 Å². The number of imidazole rings is 1.